The molecule has 0 unspecified atom stereocenters. The molecule has 24 heavy (non-hydrogen) atoms. The van der Waals surface area contributed by atoms with E-state index in [1.165, 1.54) is 37.3 Å². The number of halogens is 3. The highest BCUT2D eigenvalue weighted by atomic mass is 19.4. The monoisotopic (exact) mass is 340 g/mol. The minimum absolute atomic E-state index is 0.0234. The van der Waals surface area contributed by atoms with Gasteiger partial charge in [0.05, 0.1) is 0 Å². The Morgan fingerprint density at radius 2 is 1.71 bits per heavy atom. The minimum Gasteiger partial charge on any atom is -0.508 e. The van der Waals surface area contributed by atoms with Crippen molar-refractivity contribution in [1.82, 2.24) is 0 Å². The van der Waals surface area contributed by atoms with E-state index < -0.39 is 12.3 Å². The molecule has 0 aliphatic heterocycles. The Bertz CT molecular complexity index is 709. The van der Waals surface area contributed by atoms with Gasteiger partial charge in [-0.25, -0.2) is 0 Å². The number of ether oxygens (including phenoxy) is 2. The summed E-state index contributed by atoms with van der Waals surface area (Å²) in [7, 11) is 0. The third kappa shape index (κ3) is 5.49. The molecule has 7 heteroatoms. The molecule has 0 radical (unpaired) electrons. The Balaban J connectivity index is 2.04. The zero-order valence-corrected chi connectivity index (χ0v) is 12.8. The lowest BCUT2D eigenvalue weighted by molar-refractivity contribution is -0.274. The predicted molar refractivity (Wildman–Crippen MR) is 79.5 cm³/mol. The zero-order valence-electron chi connectivity index (χ0n) is 12.8. The maximum Gasteiger partial charge on any atom is 0.573 e. The van der Waals surface area contributed by atoms with Gasteiger partial charge in [-0.15, -0.1) is 13.2 Å². The van der Waals surface area contributed by atoms with Gasteiger partial charge in [0.15, 0.2) is 0 Å². The van der Waals surface area contributed by atoms with Gasteiger partial charge in [-0.3, -0.25) is 4.79 Å². The second-order valence-electron chi connectivity index (χ2n) is 5.11. The number of benzene rings is 2. The predicted octanol–water partition coefficient (Wildman–Crippen LogP) is 3.94. The summed E-state index contributed by atoms with van der Waals surface area (Å²) < 4.78 is 45.0. The summed E-state index contributed by atoms with van der Waals surface area (Å²) in [6, 6.07) is 10.3. The summed E-state index contributed by atoms with van der Waals surface area (Å²) in [5.41, 5.74) is 1.96. The molecular formula is C17H15F3O4. The summed E-state index contributed by atoms with van der Waals surface area (Å²) in [5.74, 6) is -0.692. The number of esters is 1. The molecule has 0 aliphatic carbocycles. The molecule has 1 N–H and O–H groups in total. The van der Waals surface area contributed by atoms with Crippen LogP contribution in [0.1, 0.15) is 23.6 Å². The molecule has 128 valence electrons. The fourth-order valence-electron chi connectivity index (χ4n) is 2.06. The summed E-state index contributed by atoms with van der Waals surface area (Å²) in [6.45, 7) is 1.35. The molecule has 0 aliphatic rings. The standard InChI is InChI=1S/C17H15F3O4/c1-11(21)23-10-13-2-5-14(16(22)9-13)8-12-3-6-15(7-4-12)24-17(18,19)20/h2-7,9,22H,8,10H2,1H3. The molecule has 2 rings (SSSR count). The number of carbonyl (C=O) groups is 1. The van der Waals surface area contributed by atoms with Gasteiger partial charge in [-0.05, 0) is 34.9 Å². The molecule has 4 nitrogen and oxygen atoms in total. The Hall–Kier alpha value is -2.70. The number of phenolic OH excluding ortho intramolecular Hbond substituents is 1. The van der Waals surface area contributed by atoms with Gasteiger partial charge in [0.1, 0.15) is 18.1 Å². The lowest BCUT2D eigenvalue weighted by Crippen LogP contribution is -2.17. The van der Waals surface area contributed by atoms with Gasteiger partial charge >= 0.3 is 12.3 Å². The highest BCUT2D eigenvalue weighted by Gasteiger charge is 2.30. The van der Waals surface area contributed by atoms with Crippen LogP contribution in [-0.2, 0) is 22.6 Å². The Labute approximate surface area is 136 Å². The van der Waals surface area contributed by atoms with Crippen LogP contribution in [0.3, 0.4) is 0 Å². The van der Waals surface area contributed by atoms with Gasteiger partial charge in [-0.1, -0.05) is 24.3 Å². The number of carbonyl (C=O) groups excluding carboxylic acids is 1. The van der Waals surface area contributed by atoms with Crippen LogP contribution in [0.15, 0.2) is 42.5 Å². The SMILES string of the molecule is CC(=O)OCc1ccc(Cc2ccc(OC(F)(F)F)cc2)c(O)c1. The molecule has 0 aromatic heterocycles. The number of phenols is 1. The molecule has 0 fully saturated rings. The highest BCUT2D eigenvalue weighted by molar-refractivity contribution is 5.65. The van der Waals surface area contributed by atoms with Gasteiger partial charge in [-0.2, -0.15) is 0 Å². The van der Waals surface area contributed by atoms with Crippen molar-refractivity contribution in [3.8, 4) is 11.5 Å². The van der Waals surface area contributed by atoms with Crippen LogP contribution in [0.4, 0.5) is 13.2 Å². The van der Waals surface area contributed by atoms with Crippen molar-refractivity contribution in [3.05, 3.63) is 59.2 Å². The Morgan fingerprint density at radius 1 is 1.08 bits per heavy atom. The number of rotatable bonds is 5. The van der Waals surface area contributed by atoms with Crippen molar-refractivity contribution in [1.29, 1.82) is 0 Å². The van der Waals surface area contributed by atoms with Crippen LogP contribution in [0.2, 0.25) is 0 Å². The third-order valence-electron chi connectivity index (χ3n) is 3.14. The first-order valence-corrected chi connectivity index (χ1v) is 7.02. The van der Waals surface area contributed by atoms with Gasteiger partial charge in [0.2, 0.25) is 0 Å². The molecule has 0 bridgehead atoms. The van der Waals surface area contributed by atoms with Gasteiger partial charge in [0.25, 0.3) is 0 Å². The minimum atomic E-state index is -4.72. The van der Waals surface area contributed by atoms with Crippen LogP contribution >= 0.6 is 0 Å². The van der Waals surface area contributed by atoms with E-state index in [4.69, 9.17) is 4.74 Å². The van der Waals surface area contributed by atoms with Crippen molar-refractivity contribution >= 4 is 5.97 Å². The maximum absolute atomic E-state index is 12.1. The van der Waals surface area contributed by atoms with E-state index in [0.717, 1.165) is 0 Å². The fraction of sp³-hybridized carbons (Fsp3) is 0.235. The summed E-state index contributed by atoms with van der Waals surface area (Å²) >= 11 is 0. The molecule has 0 heterocycles. The lowest BCUT2D eigenvalue weighted by Gasteiger charge is -2.10. The summed E-state index contributed by atoms with van der Waals surface area (Å²) in [6.07, 6.45) is -4.39. The van der Waals surface area contributed by atoms with Crippen molar-refractivity contribution < 1.29 is 32.5 Å². The molecule has 0 amide bonds. The average molecular weight is 340 g/mol. The second-order valence-corrected chi connectivity index (χ2v) is 5.11. The largest absolute Gasteiger partial charge is 0.573 e. The first-order chi connectivity index (χ1) is 11.2. The van der Waals surface area contributed by atoms with Crippen LogP contribution < -0.4 is 4.74 Å². The maximum atomic E-state index is 12.1. The number of hydrogen-bond acceptors (Lipinski definition) is 4. The first-order valence-electron chi connectivity index (χ1n) is 7.02. The Morgan fingerprint density at radius 3 is 2.25 bits per heavy atom. The molecular weight excluding hydrogens is 325 g/mol. The van der Waals surface area contributed by atoms with E-state index in [2.05, 4.69) is 4.74 Å². The highest BCUT2D eigenvalue weighted by Crippen LogP contribution is 2.26. The third-order valence-corrected chi connectivity index (χ3v) is 3.14. The van der Waals surface area contributed by atoms with Crippen LogP contribution in [0.25, 0.3) is 0 Å². The molecule has 0 saturated carbocycles. The van der Waals surface area contributed by atoms with Crippen LogP contribution in [-0.4, -0.2) is 17.4 Å². The smallest absolute Gasteiger partial charge is 0.508 e. The van der Waals surface area contributed by atoms with E-state index in [1.54, 1.807) is 12.1 Å². The Kier molecular flexibility index (Phi) is 5.33. The number of hydrogen-bond donors (Lipinski definition) is 1. The lowest BCUT2D eigenvalue weighted by atomic mass is 10.0. The topological polar surface area (TPSA) is 55.8 Å². The van der Waals surface area contributed by atoms with Gasteiger partial charge in [0, 0.05) is 13.3 Å². The van der Waals surface area contributed by atoms with Crippen molar-refractivity contribution in [3.63, 3.8) is 0 Å². The van der Waals surface area contributed by atoms with Gasteiger partial charge < -0.3 is 14.6 Å². The number of aromatic hydroxyl groups is 1. The van der Waals surface area contributed by atoms with E-state index in [-0.39, 0.29) is 18.1 Å². The molecule has 0 saturated heterocycles. The van der Waals surface area contributed by atoms with E-state index in [9.17, 15) is 23.1 Å². The molecule has 0 atom stereocenters. The molecule has 2 aromatic rings. The van der Waals surface area contributed by atoms with Crippen LogP contribution in [0, 0.1) is 0 Å². The van der Waals surface area contributed by atoms with E-state index in [1.807, 2.05) is 0 Å². The normalized spacial score (nSPS) is 11.2. The fourth-order valence-corrected chi connectivity index (χ4v) is 2.06. The molecule has 0 spiro atoms. The number of alkyl halides is 3. The zero-order chi connectivity index (χ0) is 17.7. The van der Waals surface area contributed by atoms with Crippen LogP contribution in [0.5, 0.6) is 11.5 Å². The first kappa shape index (κ1) is 17.7. The molecule has 2 aromatic carbocycles. The van der Waals surface area contributed by atoms with E-state index >= 15 is 0 Å². The van der Waals surface area contributed by atoms with Crippen molar-refractivity contribution in [2.24, 2.45) is 0 Å². The average Bonchev–Trinajstić information content (AvgIpc) is 2.48. The summed E-state index contributed by atoms with van der Waals surface area (Å²) in [4.78, 5) is 10.8. The van der Waals surface area contributed by atoms with Crippen molar-refractivity contribution in [2.75, 3.05) is 0 Å². The second kappa shape index (κ2) is 7.25. The van der Waals surface area contributed by atoms with Crippen molar-refractivity contribution in [2.45, 2.75) is 26.3 Å². The quantitative estimate of drug-likeness (QED) is 0.838. The summed E-state index contributed by atoms with van der Waals surface area (Å²) in [5, 5.41) is 10.0. The van der Waals surface area contributed by atoms with E-state index in [0.29, 0.717) is 23.1 Å².